The fourth-order valence-corrected chi connectivity index (χ4v) is 3.00. The average molecular weight is 416 g/mol. The van der Waals surface area contributed by atoms with Gasteiger partial charge in [0.15, 0.2) is 0 Å². The van der Waals surface area contributed by atoms with Crippen LogP contribution in [0.4, 0.5) is 0 Å². The van der Waals surface area contributed by atoms with Gasteiger partial charge in [-0.15, -0.1) is 0 Å². The lowest BCUT2D eigenvalue weighted by Crippen LogP contribution is -2.40. The third-order valence-corrected chi connectivity index (χ3v) is 4.56. The van der Waals surface area contributed by atoms with E-state index < -0.39 is 6.10 Å². The zero-order valence-corrected chi connectivity index (χ0v) is 17.8. The average Bonchev–Trinajstić information content (AvgIpc) is 2.73. The second-order valence-corrected chi connectivity index (χ2v) is 7.65. The first kappa shape index (κ1) is 23.9. The summed E-state index contributed by atoms with van der Waals surface area (Å²) in [6, 6.07) is 16.7. The molecule has 0 aliphatic carbocycles. The number of aliphatic hydroxyl groups excluding tert-OH is 1. The lowest BCUT2D eigenvalue weighted by molar-refractivity contribution is -0.122. The molecule has 0 saturated heterocycles. The van der Waals surface area contributed by atoms with Crippen molar-refractivity contribution in [3.63, 3.8) is 0 Å². The molecule has 0 spiro atoms. The Morgan fingerprint density at radius 2 is 1.67 bits per heavy atom. The maximum absolute atomic E-state index is 12.5. The SMILES string of the molecule is CC(COC[C@@H](Cc1ccc(O)cc1)NC(=O)CCc1ccccc1)OC[C@@H](C)O. The predicted octanol–water partition coefficient (Wildman–Crippen LogP) is 2.85. The Morgan fingerprint density at radius 3 is 2.33 bits per heavy atom. The molecule has 3 atom stereocenters. The van der Waals surface area contributed by atoms with Gasteiger partial charge in [0, 0.05) is 6.42 Å². The summed E-state index contributed by atoms with van der Waals surface area (Å²) < 4.78 is 11.3. The second-order valence-electron chi connectivity index (χ2n) is 7.65. The summed E-state index contributed by atoms with van der Waals surface area (Å²) in [5.74, 6) is 0.187. The third-order valence-electron chi connectivity index (χ3n) is 4.56. The van der Waals surface area contributed by atoms with Crippen LogP contribution in [0.1, 0.15) is 31.4 Å². The molecule has 6 nitrogen and oxygen atoms in total. The Morgan fingerprint density at radius 1 is 0.967 bits per heavy atom. The summed E-state index contributed by atoms with van der Waals surface area (Å²) in [5.41, 5.74) is 2.13. The number of hydrogen-bond acceptors (Lipinski definition) is 5. The van der Waals surface area contributed by atoms with Crippen LogP contribution in [0, 0.1) is 0 Å². The largest absolute Gasteiger partial charge is 0.508 e. The summed E-state index contributed by atoms with van der Waals surface area (Å²) in [6.45, 7) is 4.54. The van der Waals surface area contributed by atoms with Crippen LogP contribution in [0.25, 0.3) is 0 Å². The number of nitrogens with one attached hydrogen (secondary N) is 1. The number of benzene rings is 2. The second kappa shape index (κ2) is 13.0. The minimum Gasteiger partial charge on any atom is -0.508 e. The number of phenolic OH excluding ortho intramolecular Hbond substituents is 1. The van der Waals surface area contributed by atoms with Crippen LogP contribution in [0.15, 0.2) is 54.6 Å². The van der Waals surface area contributed by atoms with Gasteiger partial charge in [0.05, 0.1) is 38.1 Å². The number of ether oxygens (including phenoxy) is 2. The van der Waals surface area contributed by atoms with E-state index in [1.54, 1.807) is 19.1 Å². The Labute approximate surface area is 178 Å². The molecule has 0 bridgehead atoms. The van der Waals surface area contributed by atoms with Gasteiger partial charge in [0.2, 0.25) is 5.91 Å². The first-order valence-electron chi connectivity index (χ1n) is 10.4. The van der Waals surface area contributed by atoms with Crippen LogP contribution in [0.3, 0.4) is 0 Å². The standard InChI is InChI=1S/C24H33NO5/c1-18(26)15-30-19(2)16-29-17-22(14-21-8-11-23(27)12-9-21)25-24(28)13-10-20-6-4-3-5-7-20/h3-9,11-12,18-19,22,26-27H,10,13-17H2,1-2H3,(H,25,28)/t18-,19?,22-/m1/s1. The van der Waals surface area contributed by atoms with E-state index >= 15 is 0 Å². The van der Waals surface area contributed by atoms with Crippen molar-refractivity contribution >= 4 is 5.91 Å². The summed E-state index contributed by atoms with van der Waals surface area (Å²) in [5, 5.41) is 21.8. The van der Waals surface area contributed by atoms with Gasteiger partial charge < -0.3 is 25.0 Å². The Balaban J connectivity index is 1.86. The fourth-order valence-electron chi connectivity index (χ4n) is 3.00. The molecule has 30 heavy (non-hydrogen) atoms. The molecule has 0 radical (unpaired) electrons. The van der Waals surface area contributed by atoms with Crippen LogP contribution in [0.2, 0.25) is 0 Å². The number of amides is 1. The van der Waals surface area contributed by atoms with Crippen molar-refractivity contribution in [3.05, 3.63) is 65.7 Å². The molecule has 1 amide bonds. The molecule has 164 valence electrons. The highest BCUT2D eigenvalue weighted by molar-refractivity contribution is 5.76. The summed E-state index contributed by atoms with van der Waals surface area (Å²) >= 11 is 0. The molecule has 0 heterocycles. The van der Waals surface area contributed by atoms with Crippen molar-refractivity contribution in [2.45, 2.75) is 51.4 Å². The molecule has 6 heteroatoms. The maximum Gasteiger partial charge on any atom is 0.220 e. The van der Waals surface area contributed by atoms with Crippen molar-refractivity contribution in [2.75, 3.05) is 19.8 Å². The summed E-state index contributed by atoms with van der Waals surface area (Å²) in [7, 11) is 0. The highest BCUT2D eigenvalue weighted by Crippen LogP contribution is 2.12. The zero-order valence-electron chi connectivity index (χ0n) is 17.8. The van der Waals surface area contributed by atoms with Gasteiger partial charge in [-0.3, -0.25) is 4.79 Å². The van der Waals surface area contributed by atoms with Gasteiger partial charge >= 0.3 is 0 Å². The van der Waals surface area contributed by atoms with E-state index in [0.717, 1.165) is 11.1 Å². The quantitative estimate of drug-likeness (QED) is 0.468. The van der Waals surface area contributed by atoms with Crippen molar-refractivity contribution in [3.8, 4) is 5.75 Å². The zero-order chi connectivity index (χ0) is 21.8. The topological polar surface area (TPSA) is 88.0 Å². The van der Waals surface area contributed by atoms with Gasteiger partial charge in [0.1, 0.15) is 5.75 Å². The van der Waals surface area contributed by atoms with Crippen LogP contribution < -0.4 is 5.32 Å². The Kier molecular flexibility index (Phi) is 10.3. The molecule has 3 N–H and O–H groups in total. The molecule has 2 rings (SSSR count). The summed E-state index contributed by atoms with van der Waals surface area (Å²) in [6.07, 6.45) is 1.02. The van der Waals surface area contributed by atoms with Crippen LogP contribution in [-0.4, -0.2) is 54.2 Å². The molecular weight excluding hydrogens is 382 g/mol. The number of rotatable bonds is 13. The number of aliphatic hydroxyl groups is 1. The number of carbonyl (C=O) groups is 1. The van der Waals surface area contributed by atoms with Crippen molar-refractivity contribution in [1.82, 2.24) is 5.32 Å². The number of aryl methyl sites for hydroxylation is 1. The third kappa shape index (κ3) is 9.87. The van der Waals surface area contributed by atoms with Crippen LogP contribution in [-0.2, 0) is 27.1 Å². The van der Waals surface area contributed by atoms with E-state index in [1.165, 1.54) is 0 Å². The summed E-state index contributed by atoms with van der Waals surface area (Å²) in [4.78, 5) is 12.5. The Bertz CT molecular complexity index is 733. The normalized spacial score (nSPS) is 14.1. The minimum atomic E-state index is -0.515. The fraction of sp³-hybridized carbons (Fsp3) is 0.458. The molecule has 0 aliphatic rings. The maximum atomic E-state index is 12.5. The van der Waals surface area contributed by atoms with E-state index in [1.807, 2.05) is 49.4 Å². The lowest BCUT2D eigenvalue weighted by Gasteiger charge is -2.21. The molecule has 0 fully saturated rings. The van der Waals surface area contributed by atoms with Gasteiger partial charge in [-0.1, -0.05) is 42.5 Å². The number of carbonyl (C=O) groups excluding carboxylic acids is 1. The number of hydrogen-bond donors (Lipinski definition) is 3. The molecule has 1 unspecified atom stereocenters. The van der Waals surface area contributed by atoms with Crippen LogP contribution in [0.5, 0.6) is 5.75 Å². The lowest BCUT2D eigenvalue weighted by atomic mass is 10.1. The van der Waals surface area contributed by atoms with E-state index in [-0.39, 0.29) is 30.4 Å². The highest BCUT2D eigenvalue weighted by Gasteiger charge is 2.15. The number of aromatic hydroxyl groups is 1. The molecule has 2 aromatic rings. The molecule has 0 aliphatic heterocycles. The first-order chi connectivity index (χ1) is 14.4. The van der Waals surface area contributed by atoms with Gasteiger partial charge in [-0.25, -0.2) is 0 Å². The monoisotopic (exact) mass is 415 g/mol. The van der Waals surface area contributed by atoms with Gasteiger partial charge in [0.25, 0.3) is 0 Å². The molecular formula is C24H33NO5. The van der Waals surface area contributed by atoms with E-state index in [0.29, 0.717) is 32.5 Å². The van der Waals surface area contributed by atoms with E-state index in [2.05, 4.69) is 5.32 Å². The smallest absolute Gasteiger partial charge is 0.220 e. The van der Waals surface area contributed by atoms with Crippen molar-refractivity contribution in [2.24, 2.45) is 0 Å². The predicted molar refractivity (Wildman–Crippen MR) is 116 cm³/mol. The van der Waals surface area contributed by atoms with Crippen LogP contribution >= 0.6 is 0 Å². The van der Waals surface area contributed by atoms with E-state index in [4.69, 9.17) is 9.47 Å². The van der Waals surface area contributed by atoms with E-state index in [9.17, 15) is 15.0 Å². The highest BCUT2D eigenvalue weighted by atomic mass is 16.5. The molecule has 2 aromatic carbocycles. The minimum absolute atomic E-state index is 0.0235. The first-order valence-corrected chi connectivity index (χ1v) is 10.4. The molecule has 0 saturated carbocycles. The molecule has 0 aromatic heterocycles. The van der Waals surface area contributed by atoms with Gasteiger partial charge in [-0.05, 0) is 49.9 Å². The van der Waals surface area contributed by atoms with Gasteiger partial charge in [-0.2, -0.15) is 0 Å². The number of phenols is 1. The Hall–Kier alpha value is -2.41. The van der Waals surface area contributed by atoms with Crippen molar-refractivity contribution in [1.29, 1.82) is 0 Å². The van der Waals surface area contributed by atoms with Crippen molar-refractivity contribution < 1.29 is 24.5 Å².